The summed E-state index contributed by atoms with van der Waals surface area (Å²) in [5, 5.41) is 0. The van der Waals surface area contributed by atoms with Gasteiger partial charge < -0.3 is 9.64 Å². The van der Waals surface area contributed by atoms with Gasteiger partial charge in [0.05, 0.1) is 6.42 Å². The Labute approximate surface area is 136 Å². The minimum Gasteiger partial charge on any atom is -0.460 e. The van der Waals surface area contributed by atoms with Crippen LogP contribution in [0.5, 0.6) is 0 Å². The highest BCUT2D eigenvalue weighted by Crippen LogP contribution is 2.10. The lowest BCUT2D eigenvalue weighted by Gasteiger charge is -2.24. The zero-order valence-corrected chi connectivity index (χ0v) is 15.2. The fraction of sp³-hybridized carbons (Fsp3) is 0.889. The molecule has 0 bridgehead atoms. The largest absolute Gasteiger partial charge is 0.460 e. The molecule has 0 aliphatic rings. The Morgan fingerprint density at radius 1 is 0.864 bits per heavy atom. The highest BCUT2D eigenvalue weighted by atomic mass is 16.6. The molecule has 130 valence electrons. The Balaban J connectivity index is 4.26. The van der Waals surface area contributed by atoms with Gasteiger partial charge in [-0.1, -0.05) is 39.5 Å². The Kier molecular flexibility index (Phi) is 10.9. The number of esters is 1. The molecule has 0 saturated carbocycles. The first-order valence-electron chi connectivity index (χ1n) is 8.79. The minimum absolute atomic E-state index is 0.174. The second-order valence-electron chi connectivity index (χ2n) is 6.88. The maximum absolute atomic E-state index is 12.3. The van der Waals surface area contributed by atoms with Gasteiger partial charge in [0, 0.05) is 19.5 Å². The molecular formula is C18H35NO3. The van der Waals surface area contributed by atoms with Crippen molar-refractivity contribution in [2.75, 3.05) is 13.1 Å². The summed E-state index contributed by atoms with van der Waals surface area (Å²) in [6.45, 7) is 11.1. The SMILES string of the molecule is CCCCCCC(=O)N(CCCC)CCC(=O)OC(C)(C)C. The fourth-order valence-corrected chi connectivity index (χ4v) is 2.19. The maximum Gasteiger partial charge on any atom is 0.308 e. The number of carbonyl (C=O) groups excluding carboxylic acids is 2. The van der Waals surface area contributed by atoms with E-state index in [0.717, 1.165) is 32.2 Å². The zero-order chi connectivity index (χ0) is 17.0. The van der Waals surface area contributed by atoms with Crippen LogP contribution in [0, 0.1) is 0 Å². The fourth-order valence-electron chi connectivity index (χ4n) is 2.19. The average Bonchev–Trinajstić information content (AvgIpc) is 2.41. The summed E-state index contributed by atoms with van der Waals surface area (Å²) in [4.78, 5) is 25.9. The van der Waals surface area contributed by atoms with Crippen LogP contribution in [-0.4, -0.2) is 35.5 Å². The molecule has 4 heteroatoms. The van der Waals surface area contributed by atoms with Gasteiger partial charge >= 0.3 is 5.97 Å². The van der Waals surface area contributed by atoms with Crippen molar-refractivity contribution in [3.8, 4) is 0 Å². The van der Waals surface area contributed by atoms with Crippen molar-refractivity contribution in [3.63, 3.8) is 0 Å². The predicted octanol–water partition coefficient (Wildman–Crippen LogP) is 4.32. The Morgan fingerprint density at radius 2 is 1.50 bits per heavy atom. The molecule has 0 aliphatic heterocycles. The van der Waals surface area contributed by atoms with Gasteiger partial charge in [-0.05, 0) is 33.6 Å². The van der Waals surface area contributed by atoms with Gasteiger partial charge in [-0.15, -0.1) is 0 Å². The van der Waals surface area contributed by atoms with Gasteiger partial charge in [-0.2, -0.15) is 0 Å². The summed E-state index contributed by atoms with van der Waals surface area (Å²) >= 11 is 0. The number of hydrogen-bond donors (Lipinski definition) is 0. The molecule has 0 radical (unpaired) electrons. The third-order valence-corrected chi connectivity index (χ3v) is 3.38. The molecule has 0 aromatic rings. The molecule has 0 saturated heterocycles. The lowest BCUT2D eigenvalue weighted by atomic mass is 10.1. The van der Waals surface area contributed by atoms with Crippen LogP contribution < -0.4 is 0 Å². The summed E-state index contributed by atoms with van der Waals surface area (Å²) in [5.74, 6) is -0.0547. The van der Waals surface area contributed by atoms with E-state index in [0.29, 0.717) is 13.0 Å². The van der Waals surface area contributed by atoms with Crippen LogP contribution in [0.4, 0.5) is 0 Å². The van der Waals surface area contributed by atoms with Crippen molar-refractivity contribution in [1.82, 2.24) is 4.90 Å². The molecular weight excluding hydrogens is 278 g/mol. The first-order valence-corrected chi connectivity index (χ1v) is 8.79. The van der Waals surface area contributed by atoms with Crippen LogP contribution in [0.2, 0.25) is 0 Å². The molecule has 0 aromatic heterocycles. The first kappa shape index (κ1) is 20.9. The summed E-state index contributed by atoms with van der Waals surface area (Å²) in [7, 11) is 0. The number of unbranched alkanes of at least 4 members (excludes halogenated alkanes) is 4. The van der Waals surface area contributed by atoms with E-state index in [1.54, 1.807) is 0 Å². The van der Waals surface area contributed by atoms with Crippen molar-refractivity contribution in [1.29, 1.82) is 0 Å². The number of nitrogens with zero attached hydrogens (tertiary/aromatic N) is 1. The minimum atomic E-state index is -0.463. The number of hydrogen-bond acceptors (Lipinski definition) is 3. The van der Waals surface area contributed by atoms with E-state index in [2.05, 4.69) is 13.8 Å². The van der Waals surface area contributed by atoms with Gasteiger partial charge in [-0.25, -0.2) is 0 Å². The number of amides is 1. The standard InChI is InChI=1S/C18H35NO3/c1-6-8-10-11-12-16(20)19(14-9-7-2)15-13-17(21)22-18(3,4)5/h6-15H2,1-5H3. The van der Waals surface area contributed by atoms with E-state index in [-0.39, 0.29) is 18.3 Å². The summed E-state index contributed by atoms with van der Waals surface area (Å²) < 4.78 is 5.31. The molecule has 0 N–H and O–H groups in total. The van der Waals surface area contributed by atoms with Crippen LogP contribution in [0.15, 0.2) is 0 Å². The van der Waals surface area contributed by atoms with E-state index < -0.39 is 5.60 Å². The normalized spacial score (nSPS) is 11.3. The van der Waals surface area contributed by atoms with Gasteiger partial charge in [0.2, 0.25) is 5.91 Å². The van der Waals surface area contributed by atoms with Crippen molar-refractivity contribution < 1.29 is 14.3 Å². The maximum atomic E-state index is 12.3. The van der Waals surface area contributed by atoms with Gasteiger partial charge in [-0.3, -0.25) is 9.59 Å². The predicted molar refractivity (Wildman–Crippen MR) is 90.7 cm³/mol. The smallest absolute Gasteiger partial charge is 0.308 e. The molecule has 0 unspecified atom stereocenters. The van der Waals surface area contributed by atoms with E-state index in [1.165, 1.54) is 12.8 Å². The van der Waals surface area contributed by atoms with Crippen LogP contribution in [-0.2, 0) is 14.3 Å². The summed E-state index contributed by atoms with van der Waals surface area (Å²) in [6.07, 6.45) is 7.31. The first-order chi connectivity index (χ1) is 10.3. The lowest BCUT2D eigenvalue weighted by molar-refractivity contribution is -0.155. The quantitative estimate of drug-likeness (QED) is 0.421. The third-order valence-electron chi connectivity index (χ3n) is 3.38. The summed E-state index contributed by atoms with van der Waals surface area (Å²) in [5.41, 5.74) is -0.463. The van der Waals surface area contributed by atoms with E-state index in [1.807, 2.05) is 25.7 Å². The van der Waals surface area contributed by atoms with E-state index >= 15 is 0 Å². The molecule has 0 atom stereocenters. The Morgan fingerprint density at radius 3 is 2.05 bits per heavy atom. The molecule has 0 rings (SSSR count). The molecule has 0 heterocycles. The highest BCUT2D eigenvalue weighted by Gasteiger charge is 2.19. The van der Waals surface area contributed by atoms with Crippen LogP contribution >= 0.6 is 0 Å². The zero-order valence-electron chi connectivity index (χ0n) is 15.2. The topological polar surface area (TPSA) is 46.6 Å². The third kappa shape index (κ3) is 11.6. The molecule has 4 nitrogen and oxygen atoms in total. The molecule has 0 aliphatic carbocycles. The molecule has 0 spiro atoms. The average molecular weight is 313 g/mol. The monoisotopic (exact) mass is 313 g/mol. The van der Waals surface area contributed by atoms with Crippen LogP contribution in [0.3, 0.4) is 0 Å². The van der Waals surface area contributed by atoms with Crippen molar-refractivity contribution >= 4 is 11.9 Å². The highest BCUT2D eigenvalue weighted by molar-refractivity contribution is 5.77. The van der Waals surface area contributed by atoms with Gasteiger partial charge in [0.15, 0.2) is 0 Å². The molecule has 0 fully saturated rings. The Hall–Kier alpha value is -1.06. The van der Waals surface area contributed by atoms with Gasteiger partial charge in [0.25, 0.3) is 0 Å². The molecule has 1 amide bonds. The number of rotatable bonds is 11. The van der Waals surface area contributed by atoms with Crippen molar-refractivity contribution in [2.45, 2.75) is 91.6 Å². The Bertz CT molecular complexity index is 321. The van der Waals surface area contributed by atoms with Crippen LogP contribution in [0.1, 0.15) is 86.0 Å². The van der Waals surface area contributed by atoms with Crippen LogP contribution in [0.25, 0.3) is 0 Å². The van der Waals surface area contributed by atoms with Crippen molar-refractivity contribution in [2.24, 2.45) is 0 Å². The number of ether oxygens (including phenoxy) is 1. The van der Waals surface area contributed by atoms with E-state index in [9.17, 15) is 9.59 Å². The number of carbonyl (C=O) groups is 2. The lowest BCUT2D eigenvalue weighted by Crippen LogP contribution is -2.35. The molecule has 0 aromatic carbocycles. The van der Waals surface area contributed by atoms with Gasteiger partial charge in [0.1, 0.15) is 5.60 Å². The van der Waals surface area contributed by atoms with Crippen molar-refractivity contribution in [3.05, 3.63) is 0 Å². The second kappa shape index (κ2) is 11.5. The summed E-state index contributed by atoms with van der Waals surface area (Å²) in [6, 6.07) is 0. The molecule has 22 heavy (non-hydrogen) atoms. The second-order valence-corrected chi connectivity index (χ2v) is 6.88. The van der Waals surface area contributed by atoms with E-state index in [4.69, 9.17) is 4.74 Å².